The van der Waals surface area contributed by atoms with E-state index in [0.717, 1.165) is 22.2 Å². The molecular weight excluding hydrogens is 286 g/mol. The van der Waals surface area contributed by atoms with Crippen LogP contribution in [0.15, 0.2) is 53.3 Å². The van der Waals surface area contributed by atoms with E-state index in [1.165, 1.54) is 0 Å². The van der Waals surface area contributed by atoms with Crippen LogP contribution in [0.5, 0.6) is 0 Å². The van der Waals surface area contributed by atoms with Gasteiger partial charge in [-0.1, -0.05) is 45.0 Å². The molecule has 2 aromatic carbocycles. The minimum Gasteiger partial charge on any atom is -0.281 e. The number of hydrogen-bond donors (Lipinski definition) is 0. The fourth-order valence-electron chi connectivity index (χ4n) is 2.99. The van der Waals surface area contributed by atoms with Gasteiger partial charge in [-0.15, -0.1) is 0 Å². The summed E-state index contributed by atoms with van der Waals surface area (Å²) in [5.74, 6) is 0.898. The van der Waals surface area contributed by atoms with E-state index in [1.807, 2.05) is 52.9 Å². The second kappa shape index (κ2) is 4.62. The molecule has 4 nitrogen and oxygen atoms in total. The first-order valence-electron chi connectivity index (χ1n) is 7.67. The van der Waals surface area contributed by atoms with E-state index in [4.69, 9.17) is 4.98 Å². The van der Waals surface area contributed by atoms with Crippen molar-refractivity contribution in [2.24, 2.45) is 0 Å². The molecule has 0 spiro atoms. The van der Waals surface area contributed by atoms with Crippen LogP contribution < -0.4 is 5.56 Å². The lowest BCUT2D eigenvalue weighted by atomic mass is 9.95. The Morgan fingerprint density at radius 2 is 1.52 bits per heavy atom. The summed E-state index contributed by atoms with van der Waals surface area (Å²) in [6.45, 7) is 6.36. The van der Waals surface area contributed by atoms with Gasteiger partial charge in [-0.3, -0.25) is 9.20 Å². The molecule has 2 heterocycles. The first-order chi connectivity index (χ1) is 11.0. The zero-order chi connectivity index (χ0) is 16.2. The molecule has 0 amide bonds. The monoisotopic (exact) mass is 303 g/mol. The number of para-hydroxylation sites is 2. The lowest BCUT2D eigenvalue weighted by Crippen LogP contribution is -2.22. The average Bonchev–Trinajstić information content (AvgIpc) is 2.53. The number of benzene rings is 2. The third-order valence-electron chi connectivity index (χ3n) is 4.05. The van der Waals surface area contributed by atoms with Gasteiger partial charge in [-0.05, 0) is 24.3 Å². The van der Waals surface area contributed by atoms with Crippen LogP contribution in [-0.4, -0.2) is 14.4 Å². The first kappa shape index (κ1) is 13.9. The molecule has 0 aliphatic heterocycles. The van der Waals surface area contributed by atoms with Gasteiger partial charge in [-0.25, -0.2) is 4.98 Å². The van der Waals surface area contributed by atoms with Crippen molar-refractivity contribution in [3.63, 3.8) is 0 Å². The molecule has 4 aromatic rings. The first-order valence-corrected chi connectivity index (χ1v) is 7.67. The Labute approximate surface area is 133 Å². The van der Waals surface area contributed by atoms with E-state index in [0.29, 0.717) is 11.0 Å². The highest BCUT2D eigenvalue weighted by molar-refractivity contribution is 5.94. The molecule has 0 bridgehead atoms. The van der Waals surface area contributed by atoms with Gasteiger partial charge in [0.25, 0.3) is 5.56 Å². The third kappa shape index (κ3) is 2.02. The van der Waals surface area contributed by atoms with Gasteiger partial charge in [0, 0.05) is 10.8 Å². The summed E-state index contributed by atoms with van der Waals surface area (Å²) in [6.07, 6.45) is 0. The van der Waals surface area contributed by atoms with E-state index in [2.05, 4.69) is 25.8 Å². The Balaban J connectivity index is 2.40. The smallest absolute Gasteiger partial charge is 0.281 e. The van der Waals surface area contributed by atoms with Crippen molar-refractivity contribution in [2.75, 3.05) is 0 Å². The second-order valence-corrected chi connectivity index (χ2v) is 6.80. The summed E-state index contributed by atoms with van der Waals surface area (Å²) < 4.78 is 2.03. The van der Waals surface area contributed by atoms with Crippen LogP contribution in [0.3, 0.4) is 0 Å². The van der Waals surface area contributed by atoms with Gasteiger partial charge in [-0.2, -0.15) is 4.98 Å². The van der Waals surface area contributed by atoms with Crippen LogP contribution in [0.1, 0.15) is 26.6 Å². The summed E-state index contributed by atoms with van der Waals surface area (Å²) in [5.41, 5.74) is 2.01. The summed E-state index contributed by atoms with van der Waals surface area (Å²) >= 11 is 0. The van der Waals surface area contributed by atoms with Crippen molar-refractivity contribution in [1.82, 2.24) is 14.4 Å². The molecule has 0 saturated heterocycles. The molecule has 0 atom stereocenters. The Kier molecular flexibility index (Phi) is 2.79. The Bertz CT molecular complexity index is 1120. The van der Waals surface area contributed by atoms with Gasteiger partial charge in [0.2, 0.25) is 0 Å². The Hall–Kier alpha value is -2.75. The van der Waals surface area contributed by atoms with Crippen LogP contribution in [0.25, 0.3) is 27.5 Å². The standard InChI is InChI=1S/C19H17N3O/c1-19(2,3)18-20-14-10-6-4-8-12(14)16-21-17(23)13-9-5-7-11-15(13)22(16)18/h4-11H,1-3H3. The molecule has 0 aliphatic rings. The molecule has 0 aliphatic carbocycles. The maximum atomic E-state index is 12.5. The molecule has 0 saturated carbocycles. The predicted octanol–water partition coefficient (Wildman–Crippen LogP) is 3.69. The van der Waals surface area contributed by atoms with Crippen molar-refractivity contribution in [3.8, 4) is 0 Å². The molecule has 23 heavy (non-hydrogen) atoms. The summed E-state index contributed by atoms with van der Waals surface area (Å²) in [5, 5.41) is 1.51. The predicted molar refractivity (Wildman–Crippen MR) is 93.0 cm³/mol. The normalized spacial score (nSPS) is 12.3. The van der Waals surface area contributed by atoms with E-state index < -0.39 is 0 Å². The molecule has 4 heteroatoms. The van der Waals surface area contributed by atoms with Crippen molar-refractivity contribution in [1.29, 1.82) is 0 Å². The van der Waals surface area contributed by atoms with Gasteiger partial charge in [0.1, 0.15) is 5.82 Å². The van der Waals surface area contributed by atoms with Crippen LogP contribution in [0, 0.1) is 0 Å². The van der Waals surface area contributed by atoms with Gasteiger partial charge >= 0.3 is 0 Å². The second-order valence-electron chi connectivity index (χ2n) is 6.80. The minimum absolute atomic E-state index is 0.179. The van der Waals surface area contributed by atoms with Crippen molar-refractivity contribution in [3.05, 3.63) is 64.7 Å². The van der Waals surface area contributed by atoms with E-state index in [1.54, 1.807) is 0 Å². The van der Waals surface area contributed by atoms with Crippen LogP contribution in [0.4, 0.5) is 0 Å². The highest BCUT2D eigenvalue weighted by Gasteiger charge is 2.22. The lowest BCUT2D eigenvalue weighted by Gasteiger charge is -2.22. The number of aromatic nitrogens is 3. The van der Waals surface area contributed by atoms with Crippen molar-refractivity contribution in [2.45, 2.75) is 26.2 Å². The highest BCUT2D eigenvalue weighted by Crippen LogP contribution is 2.27. The third-order valence-corrected chi connectivity index (χ3v) is 4.05. The van der Waals surface area contributed by atoms with Crippen LogP contribution in [-0.2, 0) is 5.41 Å². The molecule has 0 fully saturated rings. The molecule has 114 valence electrons. The quantitative estimate of drug-likeness (QED) is 0.465. The zero-order valence-corrected chi connectivity index (χ0v) is 13.4. The van der Waals surface area contributed by atoms with E-state index in [-0.39, 0.29) is 11.0 Å². The van der Waals surface area contributed by atoms with Gasteiger partial charge in [0.05, 0.1) is 16.4 Å². The lowest BCUT2D eigenvalue weighted by molar-refractivity contribution is 0.541. The molecule has 0 N–H and O–H groups in total. The fourth-order valence-corrected chi connectivity index (χ4v) is 2.99. The molecule has 0 radical (unpaired) electrons. The molecular formula is C19H17N3O. The largest absolute Gasteiger partial charge is 0.281 e. The topological polar surface area (TPSA) is 47.3 Å². The number of rotatable bonds is 0. The van der Waals surface area contributed by atoms with E-state index >= 15 is 0 Å². The van der Waals surface area contributed by atoms with E-state index in [9.17, 15) is 4.79 Å². The molecule has 2 aromatic heterocycles. The Morgan fingerprint density at radius 3 is 2.26 bits per heavy atom. The van der Waals surface area contributed by atoms with Gasteiger partial charge < -0.3 is 0 Å². The van der Waals surface area contributed by atoms with Gasteiger partial charge in [0.15, 0.2) is 5.65 Å². The molecule has 4 rings (SSSR count). The van der Waals surface area contributed by atoms with Crippen LogP contribution >= 0.6 is 0 Å². The number of nitrogens with zero attached hydrogens (tertiary/aromatic N) is 3. The summed E-state index contributed by atoms with van der Waals surface area (Å²) in [7, 11) is 0. The fraction of sp³-hybridized carbons (Fsp3) is 0.211. The summed E-state index contributed by atoms with van der Waals surface area (Å²) in [6, 6.07) is 15.4. The minimum atomic E-state index is -0.197. The molecule has 0 unspecified atom stereocenters. The SMILES string of the molecule is CC(C)(C)c1nc2ccccc2c2nc(=O)c3ccccc3n12. The number of fused-ring (bicyclic) bond motifs is 5. The maximum Gasteiger partial charge on any atom is 0.281 e. The Morgan fingerprint density at radius 1 is 0.870 bits per heavy atom. The van der Waals surface area contributed by atoms with Crippen LogP contribution in [0.2, 0.25) is 0 Å². The zero-order valence-electron chi connectivity index (χ0n) is 13.4. The van der Waals surface area contributed by atoms with Crippen molar-refractivity contribution >= 4 is 27.5 Å². The maximum absolute atomic E-state index is 12.5. The van der Waals surface area contributed by atoms with Crippen molar-refractivity contribution < 1.29 is 0 Å². The summed E-state index contributed by atoms with van der Waals surface area (Å²) in [4.78, 5) is 21.7. The highest BCUT2D eigenvalue weighted by atomic mass is 16.1. The number of hydrogen-bond acceptors (Lipinski definition) is 3. The average molecular weight is 303 g/mol.